The zero-order valence-electron chi connectivity index (χ0n) is 21.0. The molecule has 0 radical (unpaired) electrons. The van der Waals surface area contributed by atoms with Crippen LogP contribution in [0.25, 0.3) is 0 Å². The molecule has 0 aromatic heterocycles. The predicted octanol–water partition coefficient (Wildman–Crippen LogP) is -0.257. The lowest BCUT2D eigenvalue weighted by Crippen LogP contribution is -2.51. The van der Waals surface area contributed by atoms with E-state index in [1.165, 1.54) is 7.11 Å². The van der Waals surface area contributed by atoms with Gasteiger partial charge in [-0.1, -0.05) is 0 Å². The molecule has 0 bridgehead atoms. The lowest BCUT2D eigenvalue weighted by molar-refractivity contribution is -0.144. The number of amides is 4. The highest BCUT2D eigenvalue weighted by atomic mass is 16.6. The van der Waals surface area contributed by atoms with Gasteiger partial charge in [-0.2, -0.15) is 0 Å². The van der Waals surface area contributed by atoms with Gasteiger partial charge < -0.3 is 40.2 Å². The van der Waals surface area contributed by atoms with Crippen molar-refractivity contribution >= 4 is 35.9 Å². The molecule has 2 unspecified atom stereocenters. The topological polar surface area (TPSA) is 187 Å². The van der Waals surface area contributed by atoms with Gasteiger partial charge in [0.2, 0.25) is 5.91 Å². The minimum absolute atomic E-state index is 0.0879. The van der Waals surface area contributed by atoms with Gasteiger partial charge in [-0.05, 0) is 33.6 Å². The van der Waals surface area contributed by atoms with E-state index in [9.17, 15) is 28.8 Å². The second kappa shape index (κ2) is 16.1. The second-order valence-corrected chi connectivity index (χ2v) is 8.20. The Morgan fingerprint density at radius 1 is 0.714 bits per heavy atom. The highest BCUT2D eigenvalue weighted by Crippen LogP contribution is 2.06. The van der Waals surface area contributed by atoms with Gasteiger partial charge in [-0.3, -0.25) is 9.59 Å². The molecule has 0 aliphatic carbocycles. The quantitative estimate of drug-likeness (QED) is 0.148. The van der Waals surface area contributed by atoms with Crippen molar-refractivity contribution in [2.75, 3.05) is 34.4 Å². The van der Waals surface area contributed by atoms with E-state index in [1.807, 2.05) is 0 Å². The van der Waals surface area contributed by atoms with Gasteiger partial charge in [0.15, 0.2) is 0 Å². The van der Waals surface area contributed by atoms with Crippen molar-refractivity contribution in [2.45, 2.75) is 64.1 Å². The molecule has 0 rings (SSSR count). The van der Waals surface area contributed by atoms with Crippen LogP contribution in [-0.2, 0) is 38.1 Å². The van der Waals surface area contributed by atoms with Crippen LogP contribution in [0.2, 0.25) is 0 Å². The molecule has 0 saturated heterocycles. The normalized spacial score (nSPS) is 12.3. The minimum atomic E-state index is -1.19. The van der Waals surface area contributed by atoms with E-state index in [2.05, 4.69) is 35.5 Å². The Balaban J connectivity index is 4.68. The molecule has 0 aliphatic rings. The molecule has 0 aliphatic heterocycles. The molecule has 0 fully saturated rings. The van der Waals surface area contributed by atoms with E-state index in [4.69, 9.17) is 4.74 Å². The maximum absolute atomic E-state index is 12.3. The SMILES string of the molecule is COC(=O)CCC(NC(=O)NC(CCC(=O)NCCNC(=O)OC(C)(C)C)C(=O)OC)C(=O)OC. The first kappa shape index (κ1) is 31.4. The molecule has 4 N–H and O–H groups in total. The standard InChI is InChI=1S/C21H36N4O10/c1-21(2,3)35-20(31)23-12-11-22-15(26)9-7-13(17(28)33-5)24-19(30)25-14(18(29)34-6)8-10-16(27)32-4/h13-14H,7-12H2,1-6H3,(H,22,26)(H,23,31)(H2,24,25,30). The van der Waals surface area contributed by atoms with E-state index in [0.717, 1.165) is 14.2 Å². The van der Waals surface area contributed by atoms with E-state index < -0.39 is 53.6 Å². The molecule has 0 saturated carbocycles. The fourth-order valence-corrected chi connectivity index (χ4v) is 2.55. The van der Waals surface area contributed by atoms with Gasteiger partial charge >= 0.3 is 30.0 Å². The smallest absolute Gasteiger partial charge is 0.407 e. The van der Waals surface area contributed by atoms with Crippen molar-refractivity contribution < 1.29 is 47.7 Å². The Bertz CT molecular complexity index is 751. The largest absolute Gasteiger partial charge is 0.469 e. The molecule has 35 heavy (non-hydrogen) atoms. The van der Waals surface area contributed by atoms with Crippen LogP contribution in [0.15, 0.2) is 0 Å². The Morgan fingerprint density at radius 3 is 1.66 bits per heavy atom. The first-order valence-electron chi connectivity index (χ1n) is 10.9. The summed E-state index contributed by atoms with van der Waals surface area (Å²) in [6.45, 7) is 5.41. The molecule has 2 atom stereocenters. The summed E-state index contributed by atoms with van der Waals surface area (Å²) in [5.41, 5.74) is -0.645. The van der Waals surface area contributed by atoms with Gasteiger partial charge in [-0.15, -0.1) is 0 Å². The first-order valence-corrected chi connectivity index (χ1v) is 10.9. The number of rotatable bonds is 13. The van der Waals surface area contributed by atoms with E-state index in [1.54, 1.807) is 20.8 Å². The van der Waals surface area contributed by atoms with Crippen LogP contribution >= 0.6 is 0 Å². The second-order valence-electron chi connectivity index (χ2n) is 8.20. The zero-order valence-corrected chi connectivity index (χ0v) is 21.0. The van der Waals surface area contributed by atoms with Crippen molar-refractivity contribution in [2.24, 2.45) is 0 Å². The molecule has 0 aromatic rings. The Morgan fingerprint density at radius 2 is 1.20 bits per heavy atom. The number of urea groups is 1. The Kier molecular flexibility index (Phi) is 14.5. The monoisotopic (exact) mass is 504 g/mol. The highest BCUT2D eigenvalue weighted by molar-refractivity contribution is 5.87. The Hall–Kier alpha value is -3.58. The van der Waals surface area contributed by atoms with Crippen molar-refractivity contribution in [3.63, 3.8) is 0 Å². The third-order valence-electron chi connectivity index (χ3n) is 4.22. The number of ether oxygens (including phenoxy) is 4. The number of carbonyl (C=O) groups excluding carboxylic acids is 6. The highest BCUT2D eigenvalue weighted by Gasteiger charge is 2.27. The summed E-state index contributed by atoms with van der Waals surface area (Å²) < 4.78 is 18.8. The van der Waals surface area contributed by atoms with E-state index >= 15 is 0 Å². The van der Waals surface area contributed by atoms with Gasteiger partial charge in [0, 0.05) is 25.9 Å². The van der Waals surface area contributed by atoms with Crippen molar-refractivity contribution in [1.82, 2.24) is 21.3 Å². The molecule has 200 valence electrons. The maximum Gasteiger partial charge on any atom is 0.407 e. The molecule has 14 heteroatoms. The van der Waals surface area contributed by atoms with Crippen LogP contribution < -0.4 is 21.3 Å². The van der Waals surface area contributed by atoms with Crippen LogP contribution in [0.5, 0.6) is 0 Å². The Labute approximate surface area is 204 Å². The molecule has 0 spiro atoms. The van der Waals surface area contributed by atoms with Gasteiger partial charge in [-0.25, -0.2) is 19.2 Å². The number of hydrogen-bond donors (Lipinski definition) is 4. The van der Waals surface area contributed by atoms with Crippen LogP contribution in [-0.4, -0.2) is 88.0 Å². The molecule has 14 nitrogen and oxygen atoms in total. The van der Waals surface area contributed by atoms with Gasteiger partial charge in [0.25, 0.3) is 0 Å². The summed E-state index contributed by atoms with van der Waals surface area (Å²) in [5, 5.41) is 9.70. The summed E-state index contributed by atoms with van der Waals surface area (Å²) in [6, 6.07) is -3.26. The summed E-state index contributed by atoms with van der Waals surface area (Å²) in [5.74, 6) is -2.61. The average Bonchev–Trinajstić information content (AvgIpc) is 2.79. The molecular weight excluding hydrogens is 468 g/mol. The van der Waals surface area contributed by atoms with Crippen LogP contribution in [0.4, 0.5) is 9.59 Å². The molecular formula is C21H36N4O10. The third-order valence-corrected chi connectivity index (χ3v) is 4.22. The third kappa shape index (κ3) is 15.0. The number of methoxy groups -OCH3 is 3. The summed E-state index contributed by atoms with van der Waals surface area (Å²) in [4.78, 5) is 71.2. The summed E-state index contributed by atoms with van der Waals surface area (Å²) in [6.07, 6.45) is -1.11. The number of carbonyl (C=O) groups is 6. The van der Waals surface area contributed by atoms with Crippen LogP contribution in [0.1, 0.15) is 46.5 Å². The van der Waals surface area contributed by atoms with Crippen LogP contribution in [0.3, 0.4) is 0 Å². The van der Waals surface area contributed by atoms with Gasteiger partial charge in [0.1, 0.15) is 17.7 Å². The number of hydrogen-bond acceptors (Lipinski definition) is 10. The molecule has 4 amide bonds. The van der Waals surface area contributed by atoms with Crippen molar-refractivity contribution in [1.29, 1.82) is 0 Å². The molecule has 0 aromatic carbocycles. The minimum Gasteiger partial charge on any atom is -0.469 e. The summed E-state index contributed by atoms with van der Waals surface area (Å²) >= 11 is 0. The number of esters is 3. The lowest BCUT2D eigenvalue weighted by Gasteiger charge is -2.20. The maximum atomic E-state index is 12.3. The molecule has 0 heterocycles. The van der Waals surface area contributed by atoms with Crippen LogP contribution in [0, 0.1) is 0 Å². The number of nitrogens with one attached hydrogen (secondary N) is 4. The number of alkyl carbamates (subject to hydrolysis) is 1. The fraction of sp³-hybridized carbons (Fsp3) is 0.714. The predicted molar refractivity (Wildman–Crippen MR) is 121 cm³/mol. The summed E-state index contributed by atoms with van der Waals surface area (Å²) in [7, 11) is 3.42. The average molecular weight is 505 g/mol. The van der Waals surface area contributed by atoms with Gasteiger partial charge in [0.05, 0.1) is 21.3 Å². The zero-order chi connectivity index (χ0) is 27.0. The van der Waals surface area contributed by atoms with Crippen molar-refractivity contribution in [3.05, 3.63) is 0 Å². The van der Waals surface area contributed by atoms with E-state index in [0.29, 0.717) is 0 Å². The first-order chi connectivity index (χ1) is 16.3. The van der Waals surface area contributed by atoms with E-state index in [-0.39, 0.29) is 38.8 Å². The fourth-order valence-electron chi connectivity index (χ4n) is 2.55. The van der Waals surface area contributed by atoms with Crippen molar-refractivity contribution in [3.8, 4) is 0 Å². The lowest BCUT2D eigenvalue weighted by atomic mass is 10.1.